The van der Waals surface area contributed by atoms with Crippen LogP contribution in [0.25, 0.3) is 0 Å². The van der Waals surface area contributed by atoms with Gasteiger partial charge in [-0.1, -0.05) is 49.1 Å². The maximum absolute atomic E-state index is 5.95. The summed E-state index contributed by atoms with van der Waals surface area (Å²) in [6.45, 7) is 2.21. The monoisotopic (exact) mass is 306 g/mol. The summed E-state index contributed by atoms with van der Waals surface area (Å²) in [7, 11) is 23.8. The quantitative estimate of drug-likeness (QED) is 0.428. The fourth-order valence-corrected chi connectivity index (χ4v) is 12.6. The van der Waals surface area contributed by atoms with Gasteiger partial charge in [-0.3, -0.25) is 0 Å². The highest BCUT2D eigenvalue weighted by atomic mass is 35.7. The molecule has 0 nitrogen and oxygen atoms in total. The van der Waals surface area contributed by atoms with E-state index in [1.807, 2.05) is 0 Å². The lowest BCUT2D eigenvalue weighted by atomic mass is 10.1. The molecule has 0 unspecified atom stereocenters. The molecule has 14 heavy (non-hydrogen) atoms. The van der Waals surface area contributed by atoms with E-state index >= 15 is 0 Å². The third-order valence-corrected chi connectivity index (χ3v) is 13.4. The molecule has 0 heterocycles. The van der Waals surface area contributed by atoms with E-state index in [-0.39, 0.29) is 3.64 Å². The van der Waals surface area contributed by atoms with E-state index in [4.69, 9.17) is 40.2 Å². The van der Waals surface area contributed by atoms with E-state index in [1.54, 1.807) is 0 Å². The van der Waals surface area contributed by atoms with Gasteiger partial charge >= 0.3 is 24.6 Å². The predicted octanol–water partition coefficient (Wildman–Crippen LogP) is 5.19. The van der Waals surface area contributed by atoms with Crippen LogP contribution in [0.5, 0.6) is 0 Å². The van der Waals surface area contributed by atoms with Crippen molar-refractivity contribution >= 4 is 64.8 Å². The molecular formula is C8H16Al2Cl4. The van der Waals surface area contributed by atoms with Crippen molar-refractivity contribution in [3.8, 4) is 0 Å². The van der Waals surface area contributed by atoms with Gasteiger partial charge in [0.05, 0.1) is 0 Å². The molecule has 0 radical (unpaired) electrons. The summed E-state index contributed by atoms with van der Waals surface area (Å²) >= 11 is -3.32. The number of halogens is 4. The molecule has 0 bridgehead atoms. The smallest absolute Gasteiger partial charge is 0.235 e. The Morgan fingerprint density at radius 3 is 1.79 bits per heavy atom. The summed E-state index contributed by atoms with van der Waals surface area (Å²) in [5.41, 5.74) is 0. The standard InChI is InChI=1S/C8H16.2Al.4ClH/c1-3-5-7-8-6-4-2;;;;;;/h1H,3-8H2,2H3;;;4*1H/q;2*+2;;;;/p-4. The lowest BCUT2D eigenvalue weighted by molar-refractivity contribution is 0.617. The molecule has 0 aromatic carbocycles. The van der Waals surface area contributed by atoms with Crippen LogP contribution in [0, 0.1) is 0 Å². The molecule has 0 aliphatic carbocycles. The molecule has 0 rings (SSSR count). The summed E-state index contributed by atoms with van der Waals surface area (Å²) in [6, 6.07) is 0. The van der Waals surface area contributed by atoms with Gasteiger partial charge in [-0.25, -0.2) is 40.2 Å². The maximum Gasteiger partial charge on any atom is 0.511 e. The van der Waals surface area contributed by atoms with Crippen LogP contribution in [-0.4, -0.2) is 24.6 Å². The summed E-state index contributed by atoms with van der Waals surface area (Å²) < 4.78 is 0.281. The van der Waals surface area contributed by atoms with Crippen molar-refractivity contribution in [1.82, 2.24) is 0 Å². The first-order chi connectivity index (χ1) is 6.59. The first kappa shape index (κ1) is 16.2. The molecule has 0 atom stereocenters. The average Bonchev–Trinajstić information content (AvgIpc) is 2.09. The van der Waals surface area contributed by atoms with Crippen LogP contribution in [0.3, 0.4) is 0 Å². The second-order valence-electron chi connectivity index (χ2n) is 3.54. The SMILES string of the molecule is CCCCCCC[CH]([Al]([Cl])[Cl])[Al]([Cl])[Cl]. The Labute approximate surface area is 113 Å². The fraction of sp³-hybridized carbons (Fsp3) is 1.00. The van der Waals surface area contributed by atoms with E-state index < -0.39 is 24.6 Å². The van der Waals surface area contributed by atoms with Gasteiger partial charge in [-0.05, 0) is 0 Å². The van der Waals surface area contributed by atoms with Crippen LogP contribution >= 0.6 is 40.2 Å². The molecule has 6 heteroatoms. The van der Waals surface area contributed by atoms with Crippen molar-refractivity contribution in [2.75, 3.05) is 0 Å². The number of hydrogen-bond acceptors (Lipinski definition) is 0. The zero-order valence-electron chi connectivity index (χ0n) is 8.49. The molecule has 0 aliphatic rings. The van der Waals surface area contributed by atoms with Crippen molar-refractivity contribution in [2.45, 2.75) is 49.1 Å². The molecule has 0 amide bonds. The molecule has 0 aromatic rings. The van der Waals surface area contributed by atoms with Crippen molar-refractivity contribution < 1.29 is 0 Å². The van der Waals surface area contributed by atoms with Crippen molar-refractivity contribution in [3.63, 3.8) is 0 Å². The lowest BCUT2D eigenvalue weighted by Gasteiger charge is -2.12. The summed E-state index contributed by atoms with van der Waals surface area (Å²) in [6.07, 6.45) is 7.36. The normalized spacial score (nSPS) is 10.7. The van der Waals surface area contributed by atoms with E-state index in [0.717, 1.165) is 6.42 Å². The van der Waals surface area contributed by atoms with Gasteiger partial charge in [0.2, 0.25) is 0 Å². The van der Waals surface area contributed by atoms with Crippen LogP contribution < -0.4 is 0 Å². The second-order valence-corrected chi connectivity index (χ2v) is 14.3. The average molecular weight is 308 g/mol. The van der Waals surface area contributed by atoms with Crippen LogP contribution in [0.2, 0.25) is 3.64 Å². The Bertz CT molecular complexity index is 125. The van der Waals surface area contributed by atoms with Gasteiger partial charge in [0.25, 0.3) is 0 Å². The Hall–Kier alpha value is 2.22. The Morgan fingerprint density at radius 1 is 0.857 bits per heavy atom. The first-order valence-electron chi connectivity index (χ1n) is 5.15. The number of hydrogen-bond donors (Lipinski definition) is 0. The van der Waals surface area contributed by atoms with Crippen LogP contribution in [0.15, 0.2) is 0 Å². The highest BCUT2D eigenvalue weighted by molar-refractivity contribution is 7.45. The first-order valence-corrected chi connectivity index (χ1v) is 13.5. The highest BCUT2D eigenvalue weighted by Crippen LogP contribution is 2.30. The van der Waals surface area contributed by atoms with Gasteiger partial charge in [0.15, 0.2) is 0 Å². The zero-order chi connectivity index (χ0) is 11.0. The van der Waals surface area contributed by atoms with Crippen molar-refractivity contribution in [1.29, 1.82) is 0 Å². The Morgan fingerprint density at radius 2 is 1.36 bits per heavy atom. The van der Waals surface area contributed by atoms with Crippen molar-refractivity contribution in [2.24, 2.45) is 0 Å². The van der Waals surface area contributed by atoms with Gasteiger partial charge in [0.1, 0.15) is 0 Å². The molecule has 0 N–H and O–H groups in total. The Balaban J connectivity index is 3.52. The summed E-state index contributed by atoms with van der Waals surface area (Å²) in [5, 5.41) is 0. The summed E-state index contributed by atoms with van der Waals surface area (Å²) in [4.78, 5) is 0. The third kappa shape index (κ3) is 8.39. The highest BCUT2D eigenvalue weighted by Gasteiger charge is 2.35. The molecule has 0 spiro atoms. The van der Waals surface area contributed by atoms with Crippen molar-refractivity contribution in [3.05, 3.63) is 0 Å². The van der Waals surface area contributed by atoms with Crippen LogP contribution in [0.4, 0.5) is 0 Å². The third-order valence-electron chi connectivity index (χ3n) is 2.29. The molecular weight excluding hydrogens is 292 g/mol. The fourth-order valence-electron chi connectivity index (χ4n) is 1.35. The maximum atomic E-state index is 5.95. The minimum atomic E-state index is -1.66. The largest absolute Gasteiger partial charge is 0.511 e. The summed E-state index contributed by atoms with van der Waals surface area (Å²) in [5.74, 6) is 0. The number of rotatable bonds is 8. The van der Waals surface area contributed by atoms with E-state index in [0.29, 0.717) is 0 Å². The van der Waals surface area contributed by atoms with Gasteiger partial charge in [-0.15, -0.1) is 0 Å². The minimum Gasteiger partial charge on any atom is -0.235 e. The van der Waals surface area contributed by atoms with E-state index in [9.17, 15) is 0 Å². The zero-order valence-corrected chi connectivity index (χ0v) is 13.8. The molecule has 82 valence electrons. The van der Waals surface area contributed by atoms with E-state index in [1.165, 1.54) is 32.1 Å². The molecule has 0 saturated heterocycles. The van der Waals surface area contributed by atoms with Gasteiger partial charge in [0, 0.05) is 0 Å². The van der Waals surface area contributed by atoms with Crippen LogP contribution in [-0.2, 0) is 0 Å². The van der Waals surface area contributed by atoms with Crippen LogP contribution in [0.1, 0.15) is 45.4 Å². The molecule has 0 saturated carbocycles. The van der Waals surface area contributed by atoms with Gasteiger partial charge < -0.3 is 0 Å². The number of unbranched alkanes of at least 4 members (excludes halogenated alkanes) is 4. The molecule has 0 fully saturated rings. The molecule has 0 aliphatic heterocycles. The predicted molar refractivity (Wildman–Crippen MR) is 72.0 cm³/mol. The lowest BCUT2D eigenvalue weighted by Crippen LogP contribution is -2.18. The molecule has 0 aromatic heterocycles. The second kappa shape index (κ2) is 10.4. The van der Waals surface area contributed by atoms with E-state index in [2.05, 4.69) is 6.92 Å². The van der Waals surface area contributed by atoms with Gasteiger partial charge in [-0.2, -0.15) is 0 Å². The minimum absolute atomic E-state index is 0.281. The topological polar surface area (TPSA) is 0 Å². The Kier molecular flexibility index (Phi) is 12.0.